The van der Waals surface area contributed by atoms with Gasteiger partial charge in [-0.15, -0.1) is 0 Å². The fraction of sp³-hybridized carbons (Fsp3) is 0.667. The highest BCUT2D eigenvalue weighted by atomic mass is 32.3. The highest BCUT2D eigenvalue weighted by Crippen LogP contribution is 2.60. The lowest BCUT2D eigenvalue weighted by Crippen LogP contribution is -2.44. The van der Waals surface area contributed by atoms with Crippen LogP contribution in [0.25, 0.3) is 0 Å². The fourth-order valence-corrected chi connectivity index (χ4v) is 6.07. The molecule has 1 aromatic rings. The smallest absolute Gasteiger partial charge is 0.390 e. The Kier molecular flexibility index (Phi) is 3.92. The van der Waals surface area contributed by atoms with Gasteiger partial charge in [0.05, 0.1) is 12.2 Å². The summed E-state index contributed by atoms with van der Waals surface area (Å²) in [5.74, 6) is 1.22. The van der Waals surface area contributed by atoms with Gasteiger partial charge >= 0.3 is 10.4 Å². The molecule has 0 spiro atoms. The van der Waals surface area contributed by atoms with Crippen LogP contribution >= 0.6 is 0 Å². The van der Waals surface area contributed by atoms with E-state index in [9.17, 15) is 18.6 Å². The van der Waals surface area contributed by atoms with Gasteiger partial charge < -0.3 is 14.4 Å². The van der Waals surface area contributed by atoms with E-state index in [0.717, 1.165) is 31.2 Å². The summed E-state index contributed by atoms with van der Waals surface area (Å²) >= 11 is 0. The Morgan fingerprint density at radius 2 is 2.00 bits per heavy atom. The van der Waals surface area contributed by atoms with E-state index in [1.54, 1.807) is 12.1 Å². The Balaban J connectivity index is 1.64. The van der Waals surface area contributed by atoms with Gasteiger partial charge in [0.2, 0.25) is 0 Å². The molecule has 0 aromatic heterocycles. The lowest BCUT2D eigenvalue weighted by atomic mass is 9.55. The van der Waals surface area contributed by atoms with Crippen molar-refractivity contribution in [2.75, 3.05) is 0 Å². The van der Waals surface area contributed by atoms with E-state index < -0.39 is 22.6 Å². The molecular weight excluding hydrogens is 344 g/mol. The van der Waals surface area contributed by atoms with Gasteiger partial charge in [0.1, 0.15) is 5.75 Å². The van der Waals surface area contributed by atoms with Gasteiger partial charge in [-0.3, -0.25) is 4.55 Å². The van der Waals surface area contributed by atoms with Crippen molar-refractivity contribution in [3.63, 3.8) is 0 Å². The second-order valence-corrected chi connectivity index (χ2v) is 9.10. The average Bonchev–Trinajstić information content (AvgIpc) is 2.76. The topological polar surface area (TPSA) is 104 Å². The minimum absolute atomic E-state index is 0.132. The van der Waals surface area contributed by atoms with Gasteiger partial charge in [0.25, 0.3) is 0 Å². The Morgan fingerprint density at radius 3 is 2.72 bits per heavy atom. The van der Waals surface area contributed by atoms with Crippen molar-refractivity contribution < 1.29 is 27.4 Å². The SMILES string of the molecule is C[C@@]12CC[C@@H]3c4ccc(OS(=O)(=O)O)cc4CC[C@@H]3[C@@H]1C[C@H](O)[C@@H]2O. The minimum atomic E-state index is -4.51. The van der Waals surface area contributed by atoms with E-state index in [2.05, 4.69) is 11.1 Å². The monoisotopic (exact) mass is 368 g/mol. The van der Waals surface area contributed by atoms with E-state index in [4.69, 9.17) is 4.55 Å². The molecule has 0 aliphatic heterocycles. The Labute approximate surface area is 147 Å². The van der Waals surface area contributed by atoms with Crippen LogP contribution in [0.3, 0.4) is 0 Å². The molecule has 6 atom stereocenters. The van der Waals surface area contributed by atoms with E-state index in [0.29, 0.717) is 24.2 Å². The van der Waals surface area contributed by atoms with Crippen molar-refractivity contribution in [2.24, 2.45) is 17.3 Å². The number of benzene rings is 1. The molecule has 0 radical (unpaired) electrons. The zero-order valence-corrected chi connectivity index (χ0v) is 14.9. The van der Waals surface area contributed by atoms with Crippen LogP contribution in [0.2, 0.25) is 0 Å². The van der Waals surface area contributed by atoms with Crippen LogP contribution in [0.15, 0.2) is 18.2 Å². The van der Waals surface area contributed by atoms with Gasteiger partial charge in [-0.2, -0.15) is 8.42 Å². The van der Waals surface area contributed by atoms with E-state index in [1.807, 2.05) is 6.07 Å². The fourth-order valence-electron chi connectivity index (χ4n) is 5.72. The number of aliphatic hydroxyl groups is 2. The molecule has 0 bridgehead atoms. The highest BCUT2D eigenvalue weighted by molar-refractivity contribution is 7.81. The largest absolute Gasteiger partial charge is 0.446 e. The molecule has 25 heavy (non-hydrogen) atoms. The number of hydrogen-bond acceptors (Lipinski definition) is 5. The van der Waals surface area contributed by atoms with Gasteiger partial charge in [-0.1, -0.05) is 13.0 Å². The first-order chi connectivity index (χ1) is 11.7. The molecule has 3 aliphatic rings. The molecule has 1 aromatic carbocycles. The summed E-state index contributed by atoms with van der Waals surface area (Å²) in [5.41, 5.74) is 2.05. The summed E-state index contributed by atoms with van der Waals surface area (Å²) in [6.07, 6.45) is 2.95. The van der Waals surface area contributed by atoms with Crippen LogP contribution in [0, 0.1) is 17.3 Å². The van der Waals surface area contributed by atoms with Crippen LogP contribution in [-0.2, 0) is 16.8 Å². The Bertz CT molecular complexity index is 791. The summed E-state index contributed by atoms with van der Waals surface area (Å²) in [5, 5.41) is 20.6. The minimum Gasteiger partial charge on any atom is -0.390 e. The third kappa shape index (κ3) is 2.77. The normalized spacial score (nSPS) is 40.1. The summed E-state index contributed by atoms with van der Waals surface area (Å²) in [6.45, 7) is 2.10. The molecule has 0 saturated heterocycles. The number of aryl methyl sites for hydroxylation is 1. The zero-order chi connectivity index (χ0) is 18.0. The lowest BCUT2D eigenvalue weighted by molar-refractivity contribution is -0.0505. The second-order valence-electron chi connectivity index (χ2n) is 8.08. The van der Waals surface area contributed by atoms with Crippen molar-refractivity contribution >= 4 is 10.4 Å². The molecular formula is C18H24O6S. The van der Waals surface area contributed by atoms with Gasteiger partial charge in [0.15, 0.2) is 0 Å². The molecule has 3 aliphatic carbocycles. The molecule has 0 amide bonds. The quantitative estimate of drug-likeness (QED) is 0.690. The van der Waals surface area contributed by atoms with Crippen molar-refractivity contribution in [1.29, 1.82) is 0 Å². The first-order valence-electron chi connectivity index (χ1n) is 8.85. The van der Waals surface area contributed by atoms with Gasteiger partial charge in [-0.05, 0) is 78.5 Å². The van der Waals surface area contributed by atoms with Crippen LogP contribution in [0.4, 0.5) is 0 Å². The van der Waals surface area contributed by atoms with Gasteiger partial charge in [-0.25, -0.2) is 0 Å². The average molecular weight is 368 g/mol. The number of hydrogen-bond donors (Lipinski definition) is 3. The predicted molar refractivity (Wildman–Crippen MR) is 90.6 cm³/mol. The van der Waals surface area contributed by atoms with Gasteiger partial charge in [0, 0.05) is 0 Å². The van der Waals surface area contributed by atoms with Crippen LogP contribution in [0.5, 0.6) is 5.75 Å². The Hall–Kier alpha value is -1.15. The molecule has 4 rings (SSSR count). The zero-order valence-electron chi connectivity index (χ0n) is 14.1. The third-order valence-electron chi connectivity index (χ3n) is 6.87. The van der Waals surface area contributed by atoms with Crippen LogP contribution < -0.4 is 4.18 Å². The van der Waals surface area contributed by atoms with E-state index in [-0.39, 0.29) is 11.2 Å². The molecule has 2 fully saturated rings. The van der Waals surface area contributed by atoms with Crippen molar-refractivity contribution in [1.82, 2.24) is 0 Å². The maximum Gasteiger partial charge on any atom is 0.446 e. The van der Waals surface area contributed by atoms with Crippen LogP contribution in [-0.4, -0.2) is 35.4 Å². The molecule has 2 saturated carbocycles. The summed E-state index contributed by atoms with van der Waals surface area (Å²) in [6, 6.07) is 5.18. The molecule has 7 heteroatoms. The molecule has 0 unspecified atom stereocenters. The summed E-state index contributed by atoms with van der Waals surface area (Å²) < 4.78 is 35.2. The number of rotatable bonds is 2. The van der Waals surface area contributed by atoms with Crippen molar-refractivity contribution in [3.05, 3.63) is 29.3 Å². The molecule has 6 nitrogen and oxygen atoms in total. The third-order valence-corrected chi connectivity index (χ3v) is 7.28. The van der Waals surface area contributed by atoms with E-state index >= 15 is 0 Å². The second kappa shape index (κ2) is 5.67. The number of fused-ring (bicyclic) bond motifs is 5. The lowest BCUT2D eigenvalue weighted by Gasteiger charge is -2.49. The molecule has 138 valence electrons. The van der Waals surface area contributed by atoms with E-state index in [1.165, 1.54) is 5.56 Å². The maximum absolute atomic E-state index is 10.9. The Morgan fingerprint density at radius 1 is 1.24 bits per heavy atom. The van der Waals surface area contributed by atoms with Crippen molar-refractivity contribution in [2.45, 2.75) is 57.2 Å². The highest BCUT2D eigenvalue weighted by Gasteiger charge is 2.57. The standard InChI is InChI=1S/C18H24O6S/c1-18-7-6-13-12-5-3-11(24-25(21,22)23)8-10(12)2-4-14(13)15(18)9-16(19)17(18)20/h3,5,8,13-17,19-20H,2,4,6-7,9H2,1H3,(H,21,22,23)/t13-,14+,15+,16+,17+,18-/m1/s1. The van der Waals surface area contributed by atoms with Crippen LogP contribution in [0.1, 0.15) is 49.7 Å². The predicted octanol–water partition coefficient (Wildman–Crippen LogP) is 2.06. The molecule has 3 N–H and O–H groups in total. The summed E-state index contributed by atoms with van der Waals surface area (Å²) in [7, 11) is -4.51. The maximum atomic E-state index is 10.9. The number of aliphatic hydroxyl groups excluding tert-OH is 2. The first-order valence-corrected chi connectivity index (χ1v) is 10.2. The molecule has 0 heterocycles. The van der Waals surface area contributed by atoms with Crippen molar-refractivity contribution in [3.8, 4) is 5.75 Å². The summed E-state index contributed by atoms with van der Waals surface area (Å²) in [4.78, 5) is 0. The first kappa shape index (κ1) is 17.3.